The molecule has 21 heavy (non-hydrogen) atoms. The van der Waals surface area contributed by atoms with Gasteiger partial charge in [-0.2, -0.15) is 5.10 Å². The van der Waals surface area contributed by atoms with Crippen molar-refractivity contribution in [1.82, 2.24) is 19.3 Å². The van der Waals surface area contributed by atoms with Crippen LogP contribution in [0.25, 0.3) is 11.0 Å². The van der Waals surface area contributed by atoms with Crippen LogP contribution < -0.4 is 0 Å². The van der Waals surface area contributed by atoms with Crippen molar-refractivity contribution in [2.75, 3.05) is 0 Å². The van der Waals surface area contributed by atoms with Gasteiger partial charge in [-0.3, -0.25) is 4.68 Å². The Kier molecular flexibility index (Phi) is 3.91. The van der Waals surface area contributed by atoms with E-state index in [0.29, 0.717) is 5.02 Å². The minimum absolute atomic E-state index is 0.153. The van der Waals surface area contributed by atoms with E-state index in [0.717, 1.165) is 35.5 Å². The van der Waals surface area contributed by atoms with Gasteiger partial charge in [0.05, 0.1) is 22.1 Å². The van der Waals surface area contributed by atoms with E-state index in [9.17, 15) is 0 Å². The van der Waals surface area contributed by atoms with E-state index in [2.05, 4.69) is 14.6 Å². The number of rotatable bonds is 4. The predicted octanol–water partition coefficient (Wildman–Crippen LogP) is 3.97. The number of benzene rings is 1. The van der Waals surface area contributed by atoms with Gasteiger partial charge < -0.3 is 4.57 Å². The van der Waals surface area contributed by atoms with E-state index in [4.69, 9.17) is 23.2 Å². The number of halogens is 2. The largest absolute Gasteiger partial charge is 0.326 e. The van der Waals surface area contributed by atoms with Crippen molar-refractivity contribution >= 4 is 34.2 Å². The molecule has 0 radical (unpaired) electrons. The fourth-order valence-electron chi connectivity index (χ4n) is 2.48. The van der Waals surface area contributed by atoms with E-state index in [1.807, 2.05) is 49.1 Å². The lowest BCUT2D eigenvalue weighted by Gasteiger charge is -2.09. The molecule has 0 amide bonds. The lowest BCUT2D eigenvalue weighted by Crippen LogP contribution is -2.07. The summed E-state index contributed by atoms with van der Waals surface area (Å²) in [5.41, 5.74) is 2.98. The Hall–Kier alpha value is -1.52. The molecule has 1 aromatic carbocycles. The Morgan fingerprint density at radius 1 is 1.29 bits per heavy atom. The summed E-state index contributed by atoms with van der Waals surface area (Å²) in [6.45, 7) is 2.71. The highest BCUT2D eigenvalue weighted by Crippen LogP contribution is 2.26. The summed E-state index contributed by atoms with van der Waals surface area (Å²) in [4.78, 5) is 4.62. The molecule has 3 aromatic rings. The zero-order valence-electron chi connectivity index (χ0n) is 11.9. The van der Waals surface area contributed by atoms with Gasteiger partial charge in [-0.15, -0.1) is 11.6 Å². The van der Waals surface area contributed by atoms with Crippen molar-refractivity contribution in [3.8, 4) is 0 Å². The van der Waals surface area contributed by atoms with Crippen LogP contribution in [0.3, 0.4) is 0 Å². The number of nitrogens with zero attached hydrogens (tertiary/aromatic N) is 4. The standard InChI is InChI=1S/C15H16Cl2N4/c1-10(16)15-18-13-4-3-11(17)9-14(13)21(15)8-6-12-5-7-20(2)19-12/h3-5,7,9-10H,6,8H2,1-2H3. The Balaban J connectivity index is 1.98. The highest BCUT2D eigenvalue weighted by atomic mass is 35.5. The molecule has 0 aliphatic heterocycles. The van der Waals surface area contributed by atoms with Gasteiger partial charge in [-0.05, 0) is 31.2 Å². The zero-order chi connectivity index (χ0) is 15.0. The lowest BCUT2D eigenvalue weighted by atomic mass is 10.3. The molecule has 1 unspecified atom stereocenters. The molecule has 0 N–H and O–H groups in total. The number of imidazole rings is 1. The maximum Gasteiger partial charge on any atom is 0.127 e. The number of aromatic nitrogens is 4. The second-order valence-corrected chi connectivity index (χ2v) is 6.19. The Morgan fingerprint density at radius 2 is 2.10 bits per heavy atom. The summed E-state index contributed by atoms with van der Waals surface area (Å²) in [5, 5.41) is 4.96. The van der Waals surface area contributed by atoms with Gasteiger partial charge >= 0.3 is 0 Å². The van der Waals surface area contributed by atoms with Crippen molar-refractivity contribution in [2.24, 2.45) is 7.05 Å². The van der Waals surface area contributed by atoms with Gasteiger partial charge in [0.15, 0.2) is 0 Å². The number of hydrogen-bond acceptors (Lipinski definition) is 2. The van der Waals surface area contributed by atoms with E-state index in [-0.39, 0.29) is 5.38 Å². The molecular formula is C15H16Cl2N4. The molecule has 3 rings (SSSR count). The van der Waals surface area contributed by atoms with Gasteiger partial charge in [0, 0.05) is 31.2 Å². The molecule has 0 aliphatic rings. The molecule has 0 saturated carbocycles. The van der Waals surface area contributed by atoms with E-state index in [1.54, 1.807) is 0 Å². The monoisotopic (exact) mass is 322 g/mol. The maximum atomic E-state index is 6.27. The van der Waals surface area contributed by atoms with Crippen LogP contribution in [0.4, 0.5) is 0 Å². The molecule has 4 nitrogen and oxygen atoms in total. The molecule has 2 aromatic heterocycles. The average molecular weight is 323 g/mol. The molecule has 1 atom stereocenters. The molecule has 6 heteroatoms. The van der Waals surface area contributed by atoms with Crippen LogP contribution in [0.15, 0.2) is 30.5 Å². The fourth-order valence-corrected chi connectivity index (χ4v) is 2.81. The number of aryl methyl sites for hydroxylation is 3. The van der Waals surface area contributed by atoms with Crippen LogP contribution in [-0.4, -0.2) is 19.3 Å². The van der Waals surface area contributed by atoms with Crippen LogP contribution in [0.2, 0.25) is 5.02 Å². The number of hydrogen-bond donors (Lipinski definition) is 0. The molecule has 2 heterocycles. The lowest BCUT2D eigenvalue weighted by molar-refractivity contribution is 0.647. The van der Waals surface area contributed by atoms with Crippen molar-refractivity contribution < 1.29 is 0 Å². The third kappa shape index (κ3) is 2.92. The highest BCUT2D eigenvalue weighted by molar-refractivity contribution is 6.31. The molecule has 110 valence electrons. The first-order valence-electron chi connectivity index (χ1n) is 6.83. The number of alkyl halides is 1. The predicted molar refractivity (Wildman–Crippen MR) is 85.9 cm³/mol. The number of fused-ring (bicyclic) bond motifs is 1. The molecule has 0 aliphatic carbocycles. The topological polar surface area (TPSA) is 35.6 Å². The van der Waals surface area contributed by atoms with Gasteiger partial charge in [0.1, 0.15) is 5.82 Å². The molecule has 0 saturated heterocycles. The van der Waals surface area contributed by atoms with E-state index >= 15 is 0 Å². The third-order valence-corrected chi connectivity index (χ3v) is 3.89. The molecular weight excluding hydrogens is 307 g/mol. The second-order valence-electron chi connectivity index (χ2n) is 5.10. The highest BCUT2D eigenvalue weighted by Gasteiger charge is 2.15. The fraction of sp³-hybridized carbons (Fsp3) is 0.333. The first kappa shape index (κ1) is 14.4. The van der Waals surface area contributed by atoms with Gasteiger partial charge in [-0.25, -0.2) is 4.98 Å². The van der Waals surface area contributed by atoms with Gasteiger partial charge in [0.25, 0.3) is 0 Å². The first-order valence-corrected chi connectivity index (χ1v) is 7.64. The summed E-state index contributed by atoms with van der Waals surface area (Å²) < 4.78 is 3.94. The van der Waals surface area contributed by atoms with E-state index < -0.39 is 0 Å². The molecule has 0 fully saturated rings. The minimum atomic E-state index is -0.153. The summed E-state index contributed by atoms with van der Waals surface area (Å²) >= 11 is 12.4. The van der Waals surface area contributed by atoms with Crippen LogP contribution in [0.1, 0.15) is 23.8 Å². The Bertz CT molecular complexity index is 773. The van der Waals surface area contributed by atoms with Crippen LogP contribution in [-0.2, 0) is 20.0 Å². The maximum absolute atomic E-state index is 6.27. The summed E-state index contributed by atoms with van der Waals surface area (Å²) in [5.74, 6) is 0.866. The quantitative estimate of drug-likeness (QED) is 0.681. The van der Waals surface area contributed by atoms with Gasteiger partial charge in [0.2, 0.25) is 0 Å². The Morgan fingerprint density at radius 3 is 2.76 bits per heavy atom. The third-order valence-electron chi connectivity index (χ3n) is 3.46. The summed E-state index contributed by atoms with van der Waals surface area (Å²) in [6, 6.07) is 7.74. The van der Waals surface area contributed by atoms with Crippen molar-refractivity contribution in [1.29, 1.82) is 0 Å². The smallest absolute Gasteiger partial charge is 0.127 e. The summed E-state index contributed by atoms with van der Waals surface area (Å²) in [6.07, 6.45) is 2.78. The second kappa shape index (κ2) is 5.70. The van der Waals surface area contributed by atoms with Gasteiger partial charge in [-0.1, -0.05) is 11.6 Å². The molecule has 0 bridgehead atoms. The zero-order valence-corrected chi connectivity index (χ0v) is 13.4. The van der Waals surface area contributed by atoms with Crippen LogP contribution >= 0.6 is 23.2 Å². The minimum Gasteiger partial charge on any atom is -0.326 e. The van der Waals surface area contributed by atoms with Crippen molar-refractivity contribution in [3.63, 3.8) is 0 Å². The van der Waals surface area contributed by atoms with Crippen LogP contribution in [0.5, 0.6) is 0 Å². The SMILES string of the molecule is CC(Cl)c1nc2ccc(Cl)cc2n1CCc1ccn(C)n1. The van der Waals surface area contributed by atoms with Crippen molar-refractivity contribution in [2.45, 2.75) is 25.3 Å². The molecule has 0 spiro atoms. The van der Waals surface area contributed by atoms with E-state index in [1.165, 1.54) is 0 Å². The first-order chi connectivity index (χ1) is 10.0. The average Bonchev–Trinajstić information content (AvgIpc) is 3.00. The summed E-state index contributed by atoms with van der Waals surface area (Å²) in [7, 11) is 1.92. The van der Waals surface area contributed by atoms with Crippen LogP contribution in [0, 0.1) is 0 Å². The Labute approximate surface area is 133 Å². The normalized spacial score (nSPS) is 13.0. The van der Waals surface area contributed by atoms with Crippen molar-refractivity contribution in [3.05, 3.63) is 47.0 Å².